The highest BCUT2D eigenvalue weighted by Gasteiger charge is 2.27. The molecule has 0 aliphatic carbocycles. The normalized spacial score (nSPS) is 18.1. The maximum Gasteiger partial charge on any atom is 0.339 e. The molecule has 1 unspecified atom stereocenters. The number of halogens is 1. The van der Waals surface area contributed by atoms with E-state index in [4.69, 9.17) is 21.4 Å². The fourth-order valence-electron chi connectivity index (χ4n) is 2.14. The summed E-state index contributed by atoms with van der Waals surface area (Å²) in [7, 11) is 1.60. The quantitative estimate of drug-likeness (QED) is 0.897. The van der Waals surface area contributed by atoms with E-state index in [1.807, 2.05) is 0 Å². The lowest BCUT2D eigenvalue weighted by Crippen LogP contribution is -2.34. The van der Waals surface area contributed by atoms with E-state index in [1.54, 1.807) is 18.1 Å². The molecule has 1 aliphatic rings. The van der Waals surface area contributed by atoms with Crippen LogP contribution in [0.5, 0.6) is 0 Å². The van der Waals surface area contributed by atoms with Crippen LogP contribution in [0.4, 0.5) is 10.5 Å². The van der Waals surface area contributed by atoms with Gasteiger partial charge in [-0.15, -0.1) is 0 Å². The van der Waals surface area contributed by atoms with Gasteiger partial charge in [0.2, 0.25) is 0 Å². The first-order chi connectivity index (χ1) is 9.52. The number of urea groups is 1. The third kappa shape index (κ3) is 3.02. The van der Waals surface area contributed by atoms with Crippen LogP contribution >= 0.6 is 11.6 Å². The zero-order chi connectivity index (χ0) is 14.7. The number of amides is 2. The number of likely N-dealkylation sites (tertiary alicyclic amines) is 1. The van der Waals surface area contributed by atoms with Crippen LogP contribution in [0, 0.1) is 0 Å². The van der Waals surface area contributed by atoms with Crippen molar-refractivity contribution in [2.45, 2.75) is 12.5 Å². The lowest BCUT2D eigenvalue weighted by Gasteiger charge is -2.18. The van der Waals surface area contributed by atoms with Crippen LogP contribution in [0.25, 0.3) is 0 Å². The van der Waals surface area contributed by atoms with Gasteiger partial charge in [0.05, 0.1) is 16.8 Å². The van der Waals surface area contributed by atoms with E-state index in [0.717, 1.165) is 6.42 Å². The minimum Gasteiger partial charge on any atom is -0.478 e. The van der Waals surface area contributed by atoms with Gasteiger partial charge in [0.1, 0.15) is 5.56 Å². The molecule has 1 aromatic rings. The van der Waals surface area contributed by atoms with Gasteiger partial charge in [-0.2, -0.15) is 0 Å². The number of carboxylic acid groups (broad SMARTS) is 1. The molecule has 1 heterocycles. The molecule has 108 valence electrons. The van der Waals surface area contributed by atoms with Crippen LogP contribution in [0.1, 0.15) is 16.8 Å². The van der Waals surface area contributed by atoms with Crippen molar-refractivity contribution >= 4 is 29.3 Å². The van der Waals surface area contributed by atoms with Crippen LogP contribution < -0.4 is 5.32 Å². The Morgan fingerprint density at radius 2 is 2.25 bits per heavy atom. The first-order valence-electron chi connectivity index (χ1n) is 6.13. The predicted molar refractivity (Wildman–Crippen MR) is 74.4 cm³/mol. The minimum absolute atomic E-state index is 0.0269. The summed E-state index contributed by atoms with van der Waals surface area (Å²) in [6.45, 7) is 1.07. The van der Waals surface area contributed by atoms with Gasteiger partial charge in [-0.25, -0.2) is 9.59 Å². The van der Waals surface area contributed by atoms with Gasteiger partial charge in [-0.1, -0.05) is 17.7 Å². The number of hydrogen-bond donors (Lipinski definition) is 2. The summed E-state index contributed by atoms with van der Waals surface area (Å²) in [6, 6.07) is 4.22. The van der Waals surface area contributed by atoms with E-state index in [2.05, 4.69) is 5.32 Å². The van der Waals surface area contributed by atoms with E-state index in [1.165, 1.54) is 12.1 Å². The molecule has 7 heteroatoms. The molecule has 0 spiro atoms. The molecule has 0 bridgehead atoms. The van der Waals surface area contributed by atoms with Gasteiger partial charge in [0.15, 0.2) is 0 Å². The summed E-state index contributed by atoms with van der Waals surface area (Å²) in [6.07, 6.45) is 0.796. The van der Waals surface area contributed by atoms with Crippen LogP contribution in [0.2, 0.25) is 5.02 Å². The second-order valence-corrected chi connectivity index (χ2v) is 4.90. The number of carbonyl (C=O) groups excluding carboxylic acids is 1. The molecule has 2 rings (SSSR count). The number of hydrogen-bond acceptors (Lipinski definition) is 3. The topological polar surface area (TPSA) is 78.9 Å². The molecule has 2 amide bonds. The number of nitrogens with zero attached hydrogens (tertiary/aromatic N) is 1. The van der Waals surface area contributed by atoms with Gasteiger partial charge in [0.25, 0.3) is 0 Å². The van der Waals surface area contributed by atoms with Crippen molar-refractivity contribution in [2.75, 3.05) is 25.5 Å². The van der Waals surface area contributed by atoms with Crippen molar-refractivity contribution in [3.8, 4) is 0 Å². The molecule has 1 fully saturated rings. The van der Waals surface area contributed by atoms with Gasteiger partial charge in [-0.05, 0) is 18.6 Å². The molecule has 1 aromatic carbocycles. The van der Waals surface area contributed by atoms with Crippen molar-refractivity contribution in [1.82, 2.24) is 4.90 Å². The number of anilines is 1. The number of nitrogens with one attached hydrogen (secondary N) is 1. The number of rotatable bonds is 3. The Labute approximate surface area is 121 Å². The minimum atomic E-state index is -1.18. The second kappa shape index (κ2) is 6.11. The number of carbonyl (C=O) groups is 2. The number of methoxy groups -OCH3 is 1. The van der Waals surface area contributed by atoms with Crippen LogP contribution in [0.15, 0.2) is 18.2 Å². The van der Waals surface area contributed by atoms with Gasteiger partial charge < -0.3 is 20.1 Å². The highest BCUT2D eigenvalue weighted by molar-refractivity contribution is 6.34. The molecule has 1 saturated heterocycles. The average Bonchev–Trinajstić information content (AvgIpc) is 2.87. The zero-order valence-corrected chi connectivity index (χ0v) is 11.7. The molecule has 6 nitrogen and oxygen atoms in total. The van der Waals surface area contributed by atoms with E-state index in [0.29, 0.717) is 13.1 Å². The lowest BCUT2D eigenvalue weighted by molar-refractivity contribution is 0.0698. The van der Waals surface area contributed by atoms with Crippen LogP contribution in [0.3, 0.4) is 0 Å². The predicted octanol–water partition coefficient (Wildman–Crippen LogP) is 2.29. The Morgan fingerprint density at radius 3 is 2.85 bits per heavy atom. The lowest BCUT2D eigenvalue weighted by atomic mass is 10.2. The van der Waals surface area contributed by atoms with Crippen molar-refractivity contribution in [3.63, 3.8) is 0 Å². The Kier molecular flexibility index (Phi) is 4.46. The molecule has 1 aliphatic heterocycles. The Balaban J connectivity index is 2.13. The molecular formula is C13H15ClN2O4. The van der Waals surface area contributed by atoms with Gasteiger partial charge in [-0.3, -0.25) is 0 Å². The standard InChI is InChI=1S/C13H15ClN2O4/c1-20-8-5-6-16(7-8)13(19)15-10-4-2-3-9(14)11(10)12(17)18/h2-4,8H,5-7H2,1H3,(H,15,19)(H,17,18). The summed E-state index contributed by atoms with van der Waals surface area (Å²) < 4.78 is 5.19. The third-order valence-corrected chi connectivity index (χ3v) is 3.55. The molecular weight excluding hydrogens is 284 g/mol. The van der Waals surface area contributed by atoms with E-state index in [-0.39, 0.29) is 28.4 Å². The number of ether oxygens (including phenoxy) is 1. The molecule has 1 atom stereocenters. The first-order valence-corrected chi connectivity index (χ1v) is 6.51. The summed E-state index contributed by atoms with van der Waals surface area (Å²) in [4.78, 5) is 24.8. The summed E-state index contributed by atoms with van der Waals surface area (Å²) in [5.74, 6) is -1.18. The number of aromatic carboxylic acids is 1. The van der Waals surface area contributed by atoms with E-state index in [9.17, 15) is 9.59 Å². The second-order valence-electron chi connectivity index (χ2n) is 4.49. The molecule has 0 aromatic heterocycles. The SMILES string of the molecule is COC1CCN(C(=O)Nc2cccc(Cl)c2C(=O)O)C1. The van der Waals surface area contributed by atoms with E-state index < -0.39 is 5.97 Å². The molecule has 2 N–H and O–H groups in total. The molecule has 20 heavy (non-hydrogen) atoms. The maximum atomic E-state index is 12.1. The maximum absolute atomic E-state index is 12.1. The Bertz CT molecular complexity index is 535. The van der Waals surface area contributed by atoms with Crippen molar-refractivity contribution in [3.05, 3.63) is 28.8 Å². The monoisotopic (exact) mass is 298 g/mol. The highest BCUT2D eigenvalue weighted by atomic mass is 35.5. The average molecular weight is 299 g/mol. The van der Waals surface area contributed by atoms with Crippen molar-refractivity contribution < 1.29 is 19.4 Å². The van der Waals surface area contributed by atoms with Crippen LogP contribution in [-0.2, 0) is 4.74 Å². The fraction of sp³-hybridized carbons (Fsp3) is 0.385. The number of benzene rings is 1. The third-order valence-electron chi connectivity index (χ3n) is 3.23. The molecule has 0 radical (unpaired) electrons. The van der Waals surface area contributed by atoms with Crippen molar-refractivity contribution in [2.24, 2.45) is 0 Å². The molecule has 0 saturated carbocycles. The highest BCUT2D eigenvalue weighted by Crippen LogP contribution is 2.25. The summed E-state index contributed by atoms with van der Waals surface area (Å²) in [5.41, 5.74) is 0.0841. The van der Waals surface area contributed by atoms with E-state index >= 15 is 0 Å². The number of carboxylic acids is 1. The fourth-order valence-corrected chi connectivity index (χ4v) is 2.40. The largest absolute Gasteiger partial charge is 0.478 e. The Hall–Kier alpha value is -1.79. The smallest absolute Gasteiger partial charge is 0.339 e. The Morgan fingerprint density at radius 1 is 1.50 bits per heavy atom. The van der Waals surface area contributed by atoms with Gasteiger partial charge >= 0.3 is 12.0 Å². The summed E-state index contributed by atoms with van der Waals surface area (Å²) >= 11 is 5.85. The zero-order valence-electron chi connectivity index (χ0n) is 10.9. The van der Waals surface area contributed by atoms with Crippen molar-refractivity contribution in [1.29, 1.82) is 0 Å². The van der Waals surface area contributed by atoms with Gasteiger partial charge in [0, 0.05) is 20.2 Å². The first kappa shape index (κ1) is 14.6. The summed E-state index contributed by atoms with van der Waals surface area (Å²) in [5, 5.41) is 11.8. The van der Waals surface area contributed by atoms with Crippen LogP contribution in [-0.4, -0.2) is 48.3 Å².